The third-order valence-corrected chi connectivity index (χ3v) is 3.87. The fraction of sp³-hybridized carbons (Fsp3) is 0.278. The molecule has 0 saturated heterocycles. The minimum Gasteiger partial charge on any atom is -0.473 e. The third kappa shape index (κ3) is 2.77. The maximum Gasteiger partial charge on any atom is 0.221 e. The number of nitrogens with one attached hydrogen (secondary N) is 1. The quantitative estimate of drug-likeness (QED) is 0.920. The molecule has 2 aromatic carbocycles. The number of rotatable bonds is 2. The van der Waals surface area contributed by atoms with Crippen molar-refractivity contribution in [3.8, 4) is 5.75 Å². The van der Waals surface area contributed by atoms with Crippen molar-refractivity contribution in [1.82, 2.24) is 0 Å². The van der Waals surface area contributed by atoms with Crippen LogP contribution in [0.5, 0.6) is 5.75 Å². The lowest BCUT2D eigenvalue weighted by Gasteiger charge is -2.33. The summed E-state index contributed by atoms with van der Waals surface area (Å²) < 4.78 is 5.87. The number of anilines is 2. The second-order valence-electron chi connectivity index (χ2n) is 5.72. The Kier molecular flexibility index (Phi) is 3.75. The minimum absolute atomic E-state index is 0.0664. The summed E-state index contributed by atoms with van der Waals surface area (Å²) in [4.78, 5) is 13.4. The Morgan fingerprint density at radius 2 is 1.91 bits per heavy atom. The number of hydrogen-bond acceptors (Lipinski definition) is 3. The Morgan fingerprint density at radius 3 is 2.59 bits per heavy atom. The molecule has 2 aromatic rings. The molecule has 3 rings (SSSR count). The number of para-hydroxylation sites is 1. The van der Waals surface area contributed by atoms with Crippen molar-refractivity contribution in [1.29, 1.82) is 0 Å². The Bertz CT molecular complexity index is 705. The van der Waals surface area contributed by atoms with Crippen LogP contribution in [-0.4, -0.2) is 12.6 Å². The molecular weight excluding hydrogens is 276 g/mol. The molecule has 0 aliphatic carbocycles. The Balaban J connectivity index is 1.91. The van der Waals surface area contributed by atoms with Crippen LogP contribution >= 0.6 is 0 Å². The van der Waals surface area contributed by atoms with Gasteiger partial charge in [0.2, 0.25) is 5.91 Å². The van der Waals surface area contributed by atoms with Gasteiger partial charge >= 0.3 is 0 Å². The SMILES string of the molecule is CC(=O)Nc1ccc2c(c1)CN(c1c(C)cccc1C)CO2. The van der Waals surface area contributed by atoms with Gasteiger partial charge in [-0.15, -0.1) is 0 Å². The zero-order valence-corrected chi connectivity index (χ0v) is 13.1. The number of carbonyl (C=O) groups excluding carboxylic acids is 1. The smallest absolute Gasteiger partial charge is 0.221 e. The second-order valence-corrected chi connectivity index (χ2v) is 5.72. The van der Waals surface area contributed by atoms with E-state index in [2.05, 4.69) is 42.3 Å². The average Bonchev–Trinajstić information content (AvgIpc) is 2.46. The lowest BCUT2D eigenvalue weighted by Crippen LogP contribution is -2.33. The van der Waals surface area contributed by atoms with E-state index in [1.54, 1.807) is 0 Å². The molecule has 0 spiro atoms. The van der Waals surface area contributed by atoms with Crippen LogP contribution in [-0.2, 0) is 11.3 Å². The van der Waals surface area contributed by atoms with E-state index >= 15 is 0 Å². The van der Waals surface area contributed by atoms with Crippen molar-refractivity contribution in [2.24, 2.45) is 0 Å². The maximum atomic E-state index is 11.2. The van der Waals surface area contributed by atoms with Gasteiger partial charge in [0.25, 0.3) is 0 Å². The average molecular weight is 296 g/mol. The van der Waals surface area contributed by atoms with Gasteiger partial charge in [-0.05, 0) is 43.2 Å². The van der Waals surface area contributed by atoms with Gasteiger partial charge in [0, 0.05) is 30.4 Å². The highest BCUT2D eigenvalue weighted by Crippen LogP contribution is 2.33. The van der Waals surface area contributed by atoms with E-state index in [9.17, 15) is 4.79 Å². The molecule has 0 radical (unpaired) electrons. The lowest BCUT2D eigenvalue weighted by molar-refractivity contribution is -0.114. The van der Waals surface area contributed by atoms with E-state index in [0.717, 1.165) is 23.5 Å². The molecule has 0 aromatic heterocycles. The molecule has 0 unspecified atom stereocenters. The van der Waals surface area contributed by atoms with Crippen LogP contribution in [0.25, 0.3) is 0 Å². The van der Waals surface area contributed by atoms with Crippen LogP contribution in [0.15, 0.2) is 36.4 Å². The standard InChI is InChI=1S/C18H20N2O2/c1-12-5-4-6-13(2)18(12)20-10-15-9-16(19-14(3)21)7-8-17(15)22-11-20/h4-9H,10-11H2,1-3H3,(H,19,21). The van der Waals surface area contributed by atoms with Crippen LogP contribution < -0.4 is 15.0 Å². The van der Waals surface area contributed by atoms with Gasteiger partial charge in [0.1, 0.15) is 5.75 Å². The number of hydrogen-bond donors (Lipinski definition) is 1. The van der Waals surface area contributed by atoms with Crippen LogP contribution in [0.1, 0.15) is 23.6 Å². The number of fused-ring (bicyclic) bond motifs is 1. The molecule has 1 aliphatic rings. The van der Waals surface area contributed by atoms with Gasteiger partial charge in [-0.2, -0.15) is 0 Å². The van der Waals surface area contributed by atoms with Gasteiger partial charge in [-0.1, -0.05) is 18.2 Å². The maximum absolute atomic E-state index is 11.2. The number of carbonyl (C=O) groups is 1. The monoisotopic (exact) mass is 296 g/mol. The van der Waals surface area contributed by atoms with Crippen molar-refractivity contribution >= 4 is 17.3 Å². The fourth-order valence-electron chi connectivity index (χ4n) is 2.97. The van der Waals surface area contributed by atoms with E-state index in [1.807, 2.05) is 18.2 Å². The predicted octanol–water partition coefficient (Wildman–Crippen LogP) is 3.62. The highest BCUT2D eigenvalue weighted by Gasteiger charge is 2.20. The molecule has 1 amide bonds. The van der Waals surface area contributed by atoms with Gasteiger partial charge in [0.05, 0.1) is 0 Å². The molecule has 1 aliphatic heterocycles. The van der Waals surface area contributed by atoms with Crippen LogP contribution in [0.3, 0.4) is 0 Å². The minimum atomic E-state index is -0.0664. The molecule has 4 nitrogen and oxygen atoms in total. The lowest BCUT2D eigenvalue weighted by atomic mass is 10.1. The number of amides is 1. The number of nitrogens with zero attached hydrogens (tertiary/aromatic N) is 1. The first-order valence-electron chi connectivity index (χ1n) is 7.39. The molecular formula is C18H20N2O2. The summed E-state index contributed by atoms with van der Waals surface area (Å²) in [6.45, 7) is 7.06. The van der Waals surface area contributed by atoms with Crippen molar-refractivity contribution in [3.63, 3.8) is 0 Å². The molecule has 0 fully saturated rings. The zero-order chi connectivity index (χ0) is 15.7. The van der Waals surface area contributed by atoms with Gasteiger partial charge in [-0.25, -0.2) is 0 Å². The van der Waals surface area contributed by atoms with Crippen LogP contribution in [0, 0.1) is 13.8 Å². The predicted molar refractivity (Wildman–Crippen MR) is 88.3 cm³/mol. The summed E-state index contributed by atoms with van der Waals surface area (Å²) >= 11 is 0. The van der Waals surface area contributed by atoms with Crippen LogP contribution in [0.4, 0.5) is 11.4 Å². The highest BCUT2D eigenvalue weighted by atomic mass is 16.5. The van der Waals surface area contributed by atoms with Crippen molar-refractivity contribution in [3.05, 3.63) is 53.1 Å². The molecule has 0 saturated carbocycles. The largest absolute Gasteiger partial charge is 0.473 e. The summed E-state index contributed by atoms with van der Waals surface area (Å²) in [5, 5.41) is 2.82. The Morgan fingerprint density at radius 1 is 1.18 bits per heavy atom. The molecule has 4 heteroatoms. The van der Waals surface area contributed by atoms with Crippen molar-refractivity contribution in [2.75, 3.05) is 16.9 Å². The molecule has 114 valence electrons. The third-order valence-electron chi connectivity index (χ3n) is 3.87. The molecule has 0 bridgehead atoms. The van der Waals surface area contributed by atoms with E-state index < -0.39 is 0 Å². The summed E-state index contributed by atoms with van der Waals surface area (Å²) in [5.74, 6) is 0.819. The number of benzene rings is 2. The zero-order valence-electron chi connectivity index (χ0n) is 13.1. The van der Waals surface area contributed by atoms with E-state index in [0.29, 0.717) is 6.73 Å². The normalized spacial score (nSPS) is 13.3. The van der Waals surface area contributed by atoms with Crippen molar-refractivity contribution < 1.29 is 9.53 Å². The van der Waals surface area contributed by atoms with E-state index in [4.69, 9.17) is 4.74 Å². The van der Waals surface area contributed by atoms with E-state index in [-0.39, 0.29) is 5.91 Å². The Hall–Kier alpha value is -2.49. The molecule has 22 heavy (non-hydrogen) atoms. The van der Waals surface area contributed by atoms with E-state index in [1.165, 1.54) is 23.7 Å². The molecule has 0 atom stereocenters. The van der Waals surface area contributed by atoms with Crippen LogP contribution in [0.2, 0.25) is 0 Å². The fourth-order valence-corrected chi connectivity index (χ4v) is 2.97. The second kappa shape index (κ2) is 5.72. The molecule has 1 heterocycles. The first kappa shape index (κ1) is 14.4. The summed E-state index contributed by atoms with van der Waals surface area (Å²) in [7, 11) is 0. The van der Waals surface area contributed by atoms with Crippen molar-refractivity contribution in [2.45, 2.75) is 27.3 Å². The summed E-state index contributed by atoms with van der Waals surface area (Å²) in [6.07, 6.45) is 0. The highest BCUT2D eigenvalue weighted by molar-refractivity contribution is 5.88. The topological polar surface area (TPSA) is 41.6 Å². The van der Waals surface area contributed by atoms with Gasteiger partial charge in [-0.3, -0.25) is 4.79 Å². The number of aryl methyl sites for hydroxylation is 2. The summed E-state index contributed by atoms with van der Waals surface area (Å²) in [5.41, 5.74) is 5.59. The first-order valence-corrected chi connectivity index (χ1v) is 7.39. The Labute approximate surface area is 130 Å². The molecule has 1 N–H and O–H groups in total. The van der Waals surface area contributed by atoms with Gasteiger partial charge in [0.15, 0.2) is 6.73 Å². The van der Waals surface area contributed by atoms with Gasteiger partial charge < -0.3 is 15.0 Å². The number of ether oxygens (including phenoxy) is 1. The summed E-state index contributed by atoms with van der Waals surface area (Å²) in [6, 6.07) is 12.1. The first-order chi connectivity index (χ1) is 10.5.